The van der Waals surface area contributed by atoms with Gasteiger partial charge in [0.2, 0.25) is 5.91 Å². The van der Waals surface area contributed by atoms with E-state index in [0.29, 0.717) is 19.6 Å². The van der Waals surface area contributed by atoms with E-state index in [1.807, 2.05) is 6.92 Å². The van der Waals surface area contributed by atoms with E-state index in [1.165, 1.54) is 18.2 Å². The first-order valence-electron chi connectivity index (χ1n) is 7.13. The molecule has 1 heterocycles. The predicted octanol–water partition coefficient (Wildman–Crippen LogP) is 0.798. The Morgan fingerprint density at radius 2 is 2.26 bits per heavy atom. The van der Waals surface area contributed by atoms with Gasteiger partial charge in [-0.15, -0.1) is 0 Å². The number of nitrogens with one attached hydrogen (secondary N) is 2. The van der Waals surface area contributed by atoms with Crippen molar-refractivity contribution in [1.29, 1.82) is 0 Å². The van der Waals surface area contributed by atoms with E-state index in [-0.39, 0.29) is 29.1 Å². The van der Waals surface area contributed by atoms with Crippen molar-refractivity contribution in [2.24, 2.45) is 0 Å². The van der Waals surface area contributed by atoms with Crippen molar-refractivity contribution in [3.63, 3.8) is 0 Å². The van der Waals surface area contributed by atoms with Gasteiger partial charge in [-0.1, -0.05) is 17.7 Å². The number of hydrogen-bond acceptors (Lipinski definition) is 5. The molecule has 2 amide bonds. The summed E-state index contributed by atoms with van der Waals surface area (Å²) in [6, 6.07) is 4.01. The van der Waals surface area contributed by atoms with Gasteiger partial charge in [0, 0.05) is 31.7 Å². The molecule has 0 aliphatic carbocycles. The zero-order valence-corrected chi connectivity index (χ0v) is 13.3. The van der Waals surface area contributed by atoms with Gasteiger partial charge in [0.1, 0.15) is 5.56 Å². The molecular weight excluding hydrogens is 324 g/mol. The number of benzene rings is 1. The first kappa shape index (κ1) is 17.2. The summed E-state index contributed by atoms with van der Waals surface area (Å²) in [5.74, 6) is -0.972. The molecule has 1 aliphatic heterocycles. The minimum atomic E-state index is -0.738. The van der Waals surface area contributed by atoms with E-state index in [1.54, 1.807) is 4.90 Å². The second-order valence-electron chi connectivity index (χ2n) is 5.21. The molecule has 0 bridgehead atoms. The molecule has 9 heteroatoms. The molecule has 1 atom stereocenters. The smallest absolute Gasteiger partial charge is 0.283 e. The Labute approximate surface area is 137 Å². The summed E-state index contributed by atoms with van der Waals surface area (Å²) in [4.78, 5) is 36.3. The third-order valence-corrected chi connectivity index (χ3v) is 3.95. The highest BCUT2D eigenvalue weighted by atomic mass is 35.5. The molecule has 1 fully saturated rings. The average Bonchev–Trinajstić information content (AvgIpc) is 2.52. The molecule has 2 rings (SSSR count). The number of rotatable bonds is 4. The fourth-order valence-electron chi connectivity index (χ4n) is 2.45. The number of hydrogen-bond donors (Lipinski definition) is 2. The fraction of sp³-hybridized carbons (Fsp3) is 0.429. The number of nitro groups is 1. The molecule has 1 aromatic carbocycles. The van der Waals surface area contributed by atoms with Crippen LogP contribution in [0.4, 0.5) is 5.69 Å². The second-order valence-corrected chi connectivity index (χ2v) is 5.62. The van der Waals surface area contributed by atoms with Crippen molar-refractivity contribution >= 4 is 29.1 Å². The highest BCUT2D eigenvalue weighted by Gasteiger charge is 2.26. The highest BCUT2D eigenvalue weighted by Crippen LogP contribution is 2.25. The van der Waals surface area contributed by atoms with Gasteiger partial charge in [-0.05, 0) is 13.0 Å². The minimum absolute atomic E-state index is 0.0281. The zero-order valence-electron chi connectivity index (χ0n) is 12.5. The number of carbonyl (C=O) groups excluding carboxylic acids is 2. The van der Waals surface area contributed by atoms with Crippen molar-refractivity contribution in [1.82, 2.24) is 15.5 Å². The van der Waals surface area contributed by atoms with Gasteiger partial charge in [0.15, 0.2) is 0 Å². The van der Waals surface area contributed by atoms with E-state index in [0.717, 1.165) is 0 Å². The molecular formula is C14H17ClN4O4. The summed E-state index contributed by atoms with van der Waals surface area (Å²) in [5.41, 5.74) is -0.627. The largest absolute Gasteiger partial charge is 0.343 e. The molecule has 0 radical (unpaired) electrons. The Morgan fingerprint density at radius 3 is 2.91 bits per heavy atom. The molecule has 1 aromatic rings. The number of amides is 2. The highest BCUT2D eigenvalue weighted by molar-refractivity contribution is 6.34. The molecule has 124 valence electrons. The van der Waals surface area contributed by atoms with E-state index in [2.05, 4.69) is 10.6 Å². The number of halogens is 1. The summed E-state index contributed by atoms with van der Waals surface area (Å²) in [6.45, 7) is 3.62. The normalized spacial score (nSPS) is 17.7. The van der Waals surface area contributed by atoms with Gasteiger partial charge >= 0.3 is 0 Å². The molecule has 0 saturated carbocycles. The number of piperazine rings is 1. The summed E-state index contributed by atoms with van der Waals surface area (Å²) >= 11 is 5.89. The molecule has 8 nitrogen and oxygen atoms in total. The topological polar surface area (TPSA) is 105 Å². The van der Waals surface area contributed by atoms with Crippen LogP contribution in [-0.4, -0.2) is 53.9 Å². The van der Waals surface area contributed by atoms with Gasteiger partial charge in [-0.2, -0.15) is 0 Å². The number of carbonyl (C=O) groups is 2. The Morgan fingerprint density at radius 1 is 1.52 bits per heavy atom. The van der Waals surface area contributed by atoms with Gasteiger partial charge < -0.3 is 15.5 Å². The van der Waals surface area contributed by atoms with E-state index in [9.17, 15) is 19.7 Å². The second kappa shape index (κ2) is 7.38. The molecule has 0 spiro atoms. The van der Waals surface area contributed by atoms with Crippen LogP contribution in [0, 0.1) is 10.1 Å². The van der Waals surface area contributed by atoms with Crippen molar-refractivity contribution in [3.05, 3.63) is 38.9 Å². The van der Waals surface area contributed by atoms with Gasteiger partial charge in [0.05, 0.1) is 16.5 Å². The van der Waals surface area contributed by atoms with Crippen LogP contribution in [0.5, 0.6) is 0 Å². The summed E-state index contributed by atoms with van der Waals surface area (Å²) in [5, 5.41) is 16.5. The van der Waals surface area contributed by atoms with Crippen LogP contribution in [-0.2, 0) is 4.79 Å². The SMILES string of the molecule is CC1CNCCN1C(=O)CNC(=O)c1c(Cl)cccc1[N+](=O)[O-]. The molecule has 1 saturated heterocycles. The van der Waals surface area contributed by atoms with E-state index in [4.69, 9.17) is 11.6 Å². The summed E-state index contributed by atoms with van der Waals surface area (Å²) in [6.07, 6.45) is 0. The monoisotopic (exact) mass is 340 g/mol. The molecule has 2 N–H and O–H groups in total. The molecule has 1 aliphatic rings. The maximum atomic E-state index is 12.2. The summed E-state index contributed by atoms with van der Waals surface area (Å²) < 4.78 is 0. The Kier molecular flexibility index (Phi) is 5.51. The van der Waals surface area contributed by atoms with Gasteiger partial charge in [-0.3, -0.25) is 19.7 Å². The van der Waals surface area contributed by atoms with Crippen molar-refractivity contribution < 1.29 is 14.5 Å². The van der Waals surface area contributed by atoms with Crippen LogP contribution >= 0.6 is 11.6 Å². The Bertz CT molecular complexity index is 637. The summed E-state index contributed by atoms with van der Waals surface area (Å²) in [7, 11) is 0. The van der Waals surface area contributed by atoms with Crippen LogP contribution in [0.25, 0.3) is 0 Å². The lowest BCUT2D eigenvalue weighted by Crippen LogP contribution is -2.54. The lowest BCUT2D eigenvalue weighted by Gasteiger charge is -2.34. The van der Waals surface area contributed by atoms with Gasteiger partial charge in [-0.25, -0.2) is 0 Å². The average molecular weight is 341 g/mol. The van der Waals surface area contributed by atoms with Crippen molar-refractivity contribution in [2.75, 3.05) is 26.2 Å². The van der Waals surface area contributed by atoms with Crippen molar-refractivity contribution in [3.8, 4) is 0 Å². The fourth-order valence-corrected chi connectivity index (χ4v) is 2.70. The quantitative estimate of drug-likeness (QED) is 0.623. The van der Waals surface area contributed by atoms with E-state index >= 15 is 0 Å². The lowest BCUT2D eigenvalue weighted by atomic mass is 10.1. The van der Waals surface area contributed by atoms with Crippen LogP contribution in [0.15, 0.2) is 18.2 Å². The first-order valence-corrected chi connectivity index (χ1v) is 7.51. The predicted molar refractivity (Wildman–Crippen MR) is 84.5 cm³/mol. The molecule has 1 unspecified atom stereocenters. The van der Waals surface area contributed by atoms with E-state index < -0.39 is 16.5 Å². The van der Waals surface area contributed by atoms with Gasteiger partial charge in [0.25, 0.3) is 11.6 Å². The number of nitro benzene ring substituents is 1. The Balaban J connectivity index is 2.05. The number of nitrogens with zero attached hydrogens (tertiary/aromatic N) is 2. The van der Waals surface area contributed by atoms with Crippen LogP contribution in [0.3, 0.4) is 0 Å². The first-order chi connectivity index (χ1) is 10.9. The zero-order chi connectivity index (χ0) is 17.0. The van der Waals surface area contributed by atoms with Crippen molar-refractivity contribution in [2.45, 2.75) is 13.0 Å². The standard InChI is InChI=1S/C14H17ClN4O4/c1-9-7-16-5-6-18(9)12(20)8-17-14(21)13-10(15)3-2-4-11(13)19(22)23/h2-4,9,16H,5-8H2,1H3,(H,17,21). The maximum Gasteiger partial charge on any atom is 0.283 e. The Hall–Kier alpha value is -2.19. The third kappa shape index (κ3) is 3.96. The minimum Gasteiger partial charge on any atom is -0.343 e. The van der Waals surface area contributed by atoms with Crippen LogP contribution in [0.1, 0.15) is 17.3 Å². The van der Waals surface area contributed by atoms with Crippen LogP contribution in [0.2, 0.25) is 5.02 Å². The molecule has 23 heavy (non-hydrogen) atoms. The van der Waals surface area contributed by atoms with Crippen LogP contribution < -0.4 is 10.6 Å². The lowest BCUT2D eigenvalue weighted by molar-refractivity contribution is -0.385. The maximum absolute atomic E-state index is 12.2. The third-order valence-electron chi connectivity index (χ3n) is 3.64. The molecule has 0 aromatic heterocycles.